The van der Waals surface area contributed by atoms with Crippen molar-refractivity contribution in [2.45, 2.75) is 13.0 Å². The lowest BCUT2D eigenvalue weighted by atomic mass is 10.4. The minimum atomic E-state index is 0.241. The molecule has 11 heavy (non-hydrogen) atoms. The molecule has 0 amide bonds. The monoisotopic (exact) mass is 155 g/mol. The van der Waals surface area contributed by atoms with E-state index in [1.54, 1.807) is 12.4 Å². The van der Waals surface area contributed by atoms with E-state index in [0.717, 1.165) is 25.3 Å². The van der Waals surface area contributed by atoms with Crippen LogP contribution >= 0.6 is 0 Å². The number of H-pyrrole nitrogens is 1. The van der Waals surface area contributed by atoms with E-state index in [1.807, 2.05) is 0 Å². The van der Waals surface area contributed by atoms with Crippen LogP contribution in [0.3, 0.4) is 0 Å². The lowest BCUT2D eigenvalue weighted by Crippen LogP contribution is -2.16. The van der Waals surface area contributed by atoms with E-state index in [2.05, 4.69) is 15.3 Å². The number of aromatic nitrogens is 2. The average molecular weight is 155 g/mol. The fourth-order valence-electron chi connectivity index (χ4n) is 0.805. The van der Waals surface area contributed by atoms with Gasteiger partial charge in [0.25, 0.3) is 0 Å². The third-order valence-electron chi connectivity index (χ3n) is 1.36. The predicted octanol–water partition coefficient (Wildman–Crippen LogP) is -0.118. The highest BCUT2D eigenvalue weighted by Crippen LogP contribution is 1.86. The van der Waals surface area contributed by atoms with E-state index < -0.39 is 0 Å². The molecular weight excluding hydrogens is 142 g/mol. The Morgan fingerprint density at radius 2 is 2.55 bits per heavy atom. The van der Waals surface area contributed by atoms with Crippen molar-refractivity contribution >= 4 is 0 Å². The van der Waals surface area contributed by atoms with Crippen LogP contribution in [0.1, 0.15) is 12.2 Å². The molecule has 0 aliphatic heterocycles. The van der Waals surface area contributed by atoms with E-state index in [0.29, 0.717) is 0 Å². The Morgan fingerprint density at radius 1 is 1.64 bits per heavy atom. The van der Waals surface area contributed by atoms with Crippen molar-refractivity contribution in [3.63, 3.8) is 0 Å². The Morgan fingerprint density at radius 3 is 3.18 bits per heavy atom. The number of nitrogens with one attached hydrogen (secondary N) is 2. The number of aliphatic hydroxyl groups is 1. The van der Waals surface area contributed by atoms with Crippen LogP contribution in [-0.4, -0.2) is 28.2 Å². The summed E-state index contributed by atoms with van der Waals surface area (Å²) >= 11 is 0. The van der Waals surface area contributed by atoms with E-state index in [9.17, 15) is 0 Å². The number of aliphatic hydroxyl groups excluding tert-OH is 1. The lowest BCUT2D eigenvalue weighted by Gasteiger charge is -1.99. The number of imidazole rings is 1. The standard InChI is InChI=1S/C7H13N3O/c11-5-1-2-8-6-7-9-3-4-10-7/h3-4,8,11H,1-2,5-6H2,(H,9,10). The normalized spacial score (nSPS) is 10.3. The van der Waals surface area contributed by atoms with Crippen LogP contribution in [0.5, 0.6) is 0 Å². The van der Waals surface area contributed by atoms with Gasteiger partial charge in [-0.3, -0.25) is 0 Å². The molecule has 1 heterocycles. The van der Waals surface area contributed by atoms with Gasteiger partial charge in [-0.2, -0.15) is 0 Å². The average Bonchev–Trinajstić information content (AvgIpc) is 2.50. The second kappa shape index (κ2) is 4.87. The molecule has 1 rings (SSSR count). The lowest BCUT2D eigenvalue weighted by molar-refractivity contribution is 0.286. The smallest absolute Gasteiger partial charge is 0.120 e. The van der Waals surface area contributed by atoms with Gasteiger partial charge in [0, 0.05) is 19.0 Å². The first kappa shape index (κ1) is 8.23. The SMILES string of the molecule is OCCCNCc1ncc[nH]1. The Labute approximate surface area is 65.7 Å². The molecule has 0 radical (unpaired) electrons. The second-order valence-electron chi connectivity index (χ2n) is 2.29. The van der Waals surface area contributed by atoms with Crippen LogP contribution in [0.15, 0.2) is 12.4 Å². The van der Waals surface area contributed by atoms with Crippen LogP contribution in [0.4, 0.5) is 0 Å². The molecule has 0 saturated heterocycles. The first-order valence-electron chi connectivity index (χ1n) is 3.73. The minimum Gasteiger partial charge on any atom is -0.396 e. The van der Waals surface area contributed by atoms with E-state index in [-0.39, 0.29) is 6.61 Å². The van der Waals surface area contributed by atoms with E-state index >= 15 is 0 Å². The molecule has 0 bridgehead atoms. The van der Waals surface area contributed by atoms with Crippen molar-refractivity contribution in [2.24, 2.45) is 0 Å². The molecule has 3 N–H and O–H groups in total. The molecule has 0 spiro atoms. The summed E-state index contributed by atoms with van der Waals surface area (Å²) in [7, 11) is 0. The van der Waals surface area contributed by atoms with Gasteiger partial charge in [-0.1, -0.05) is 0 Å². The van der Waals surface area contributed by atoms with E-state index in [4.69, 9.17) is 5.11 Å². The quantitative estimate of drug-likeness (QED) is 0.519. The van der Waals surface area contributed by atoms with Crippen molar-refractivity contribution in [3.8, 4) is 0 Å². The van der Waals surface area contributed by atoms with Gasteiger partial charge < -0.3 is 15.4 Å². The summed E-state index contributed by atoms with van der Waals surface area (Å²) in [4.78, 5) is 7.01. The number of hydrogen-bond acceptors (Lipinski definition) is 3. The summed E-state index contributed by atoms with van der Waals surface area (Å²) in [6.07, 6.45) is 4.31. The first-order valence-corrected chi connectivity index (χ1v) is 3.73. The zero-order valence-corrected chi connectivity index (χ0v) is 6.38. The first-order chi connectivity index (χ1) is 5.43. The van der Waals surface area contributed by atoms with Crippen LogP contribution < -0.4 is 5.32 Å². The zero-order valence-electron chi connectivity index (χ0n) is 6.38. The van der Waals surface area contributed by atoms with E-state index in [1.165, 1.54) is 0 Å². The highest BCUT2D eigenvalue weighted by molar-refractivity contribution is 4.85. The molecular formula is C7H13N3O. The summed E-state index contributed by atoms with van der Waals surface area (Å²) in [5.41, 5.74) is 0. The van der Waals surface area contributed by atoms with Crippen LogP contribution in [0.25, 0.3) is 0 Å². The number of hydrogen-bond donors (Lipinski definition) is 3. The predicted molar refractivity (Wildman–Crippen MR) is 42.0 cm³/mol. The van der Waals surface area contributed by atoms with Gasteiger partial charge in [-0.15, -0.1) is 0 Å². The Balaban J connectivity index is 2.04. The Kier molecular flexibility index (Phi) is 3.64. The third-order valence-corrected chi connectivity index (χ3v) is 1.36. The van der Waals surface area contributed by atoms with Gasteiger partial charge in [0.1, 0.15) is 5.82 Å². The van der Waals surface area contributed by atoms with Crippen molar-refractivity contribution < 1.29 is 5.11 Å². The molecule has 0 saturated carbocycles. The summed E-state index contributed by atoms with van der Waals surface area (Å²) < 4.78 is 0. The highest BCUT2D eigenvalue weighted by Gasteiger charge is 1.91. The molecule has 4 heteroatoms. The number of nitrogens with zero attached hydrogens (tertiary/aromatic N) is 1. The number of aromatic amines is 1. The summed E-state index contributed by atoms with van der Waals surface area (Å²) in [5, 5.41) is 11.6. The highest BCUT2D eigenvalue weighted by atomic mass is 16.3. The van der Waals surface area contributed by atoms with Crippen molar-refractivity contribution in [1.29, 1.82) is 0 Å². The summed E-state index contributed by atoms with van der Waals surface area (Å²) in [5.74, 6) is 0.933. The second-order valence-corrected chi connectivity index (χ2v) is 2.29. The van der Waals surface area contributed by atoms with Gasteiger partial charge in [0.05, 0.1) is 6.54 Å². The topological polar surface area (TPSA) is 60.9 Å². The molecule has 0 unspecified atom stereocenters. The molecule has 1 aromatic rings. The van der Waals surface area contributed by atoms with Gasteiger partial charge >= 0.3 is 0 Å². The maximum Gasteiger partial charge on any atom is 0.120 e. The summed E-state index contributed by atoms with van der Waals surface area (Å²) in [6, 6.07) is 0. The van der Waals surface area contributed by atoms with Crippen LogP contribution in [0, 0.1) is 0 Å². The Bertz CT molecular complexity index is 174. The molecule has 0 fully saturated rings. The third kappa shape index (κ3) is 3.15. The molecule has 0 aromatic carbocycles. The molecule has 0 aliphatic rings. The van der Waals surface area contributed by atoms with Gasteiger partial charge in [0.2, 0.25) is 0 Å². The van der Waals surface area contributed by atoms with Crippen LogP contribution in [0.2, 0.25) is 0 Å². The molecule has 62 valence electrons. The fourth-order valence-corrected chi connectivity index (χ4v) is 0.805. The minimum absolute atomic E-state index is 0.241. The van der Waals surface area contributed by atoms with Crippen molar-refractivity contribution in [1.82, 2.24) is 15.3 Å². The fraction of sp³-hybridized carbons (Fsp3) is 0.571. The zero-order chi connectivity index (χ0) is 7.94. The van der Waals surface area contributed by atoms with Crippen LogP contribution in [-0.2, 0) is 6.54 Å². The molecule has 0 atom stereocenters. The molecule has 1 aromatic heterocycles. The largest absolute Gasteiger partial charge is 0.396 e. The number of rotatable bonds is 5. The Hall–Kier alpha value is -0.870. The molecule has 0 aliphatic carbocycles. The summed E-state index contributed by atoms with van der Waals surface area (Å²) in [6.45, 7) is 1.81. The van der Waals surface area contributed by atoms with Gasteiger partial charge in [0.15, 0.2) is 0 Å². The van der Waals surface area contributed by atoms with Gasteiger partial charge in [-0.05, 0) is 13.0 Å². The van der Waals surface area contributed by atoms with Crippen molar-refractivity contribution in [3.05, 3.63) is 18.2 Å². The maximum atomic E-state index is 8.46. The maximum absolute atomic E-state index is 8.46. The van der Waals surface area contributed by atoms with Crippen molar-refractivity contribution in [2.75, 3.05) is 13.2 Å². The molecule has 4 nitrogen and oxygen atoms in total. The van der Waals surface area contributed by atoms with Gasteiger partial charge in [-0.25, -0.2) is 4.98 Å².